The van der Waals surface area contributed by atoms with Gasteiger partial charge in [-0.05, 0) is 35.4 Å². The Morgan fingerprint density at radius 2 is 1.74 bits per heavy atom. The summed E-state index contributed by atoms with van der Waals surface area (Å²) in [6, 6.07) is 11.7. The van der Waals surface area contributed by atoms with E-state index in [1.54, 1.807) is 17.3 Å². The number of halogens is 1. The number of hydrogen-bond donors (Lipinski definition) is 0. The number of carbonyl (C=O) groups excluding carboxylic acids is 1. The van der Waals surface area contributed by atoms with E-state index < -0.39 is 0 Å². The molecule has 1 amide bonds. The number of pyridine rings is 1. The van der Waals surface area contributed by atoms with Crippen molar-refractivity contribution >= 4 is 21.8 Å². The normalized spacial score (nSPS) is 10.2. The number of rotatable bonds is 4. The molecular weight excluding hydrogens is 304 g/mol. The van der Waals surface area contributed by atoms with Crippen molar-refractivity contribution in [1.29, 1.82) is 0 Å². The maximum absolute atomic E-state index is 12.1. The van der Waals surface area contributed by atoms with Gasteiger partial charge >= 0.3 is 0 Å². The second kappa shape index (κ2) is 6.48. The minimum atomic E-state index is 0.110. The number of carbonyl (C=O) groups is 1. The SMILES string of the molecule is CN(Cc1ccncc1)C(=O)Cc1ccc(Br)cc1. The van der Waals surface area contributed by atoms with Gasteiger partial charge in [0.25, 0.3) is 0 Å². The summed E-state index contributed by atoms with van der Waals surface area (Å²) < 4.78 is 1.02. The summed E-state index contributed by atoms with van der Waals surface area (Å²) in [4.78, 5) is 17.8. The Morgan fingerprint density at radius 1 is 1.11 bits per heavy atom. The van der Waals surface area contributed by atoms with Crippen molar-refractivity contribution in [2.75, 3.05) is 7.05 Å². The smallest absolute Gasteiger partial charge is 0.227 e. The third-order valence-electron chi connectivity index (χ3n) is 2.86. The van der Waals surface area contributed by atoms with E-state index >= 15 is 0 Å². The highest BCUT2D eigenvalue weighted by Gasteiger charge is 2.10. The van der Waals surface area contributed by atoms with Crippen LogP contribution >= 0.6 is 15.9 Å². The molecule has 0 N–H and O–H groups in total. The van der Waals surface area contributed by atoms with Gasteiger partial charge in [-0.2, -0.15) is 0 Å². The fourth-order valence-electron chi connectivity index (χ4n) is 1.76. The molecule has 0 aliphatic carbocycles. The van der Waals surface area contributed by atoms with Crippen LogP contribution in [-0.4, -0.2) is 22.8 Å². The molecule has 0 saturated carbocycles. The number of hydrogen-bond acceptors (Lipinski definition) is 2. The van der Waals surface area contributed by atoms with Crippen LogP contribution in [0.2, 0.25) is 0 Å². The number of nitrogens with zero attached hydrogens (tertiary/aromatic N) is 2. The predicted octanol–water partition coefficient (Wildman–Crippen LogP) is 3.05. The Kier molecular flexibility index (Phi) is 4.68. The van der Waals surface area contributed by atoms with Gasteiger partial charge in [-0.3, -0.25) is 9.78 Å². The highest BCUT2D eigenvalue weighted by atomic mass is 79.9. The lowest BCUT2D eigenvalue weighted by Crippen LogP contribution is -2.27. The lowest BCUT2D eigenvalue weighted by molar-refractivity contribution is -0.129. The minimum absolute atomic E-state index is 0.110. The van der Waals surface area contributed by atoms with Crippen molar-refractivity contribution in [3.8, 4) is 0 Å². The Balaban J connectivity index is 1.94. The lowest BCUT2D eigenvalue weighted by Gasteiger charge is -2.17. The molecule has 98 valence electrons. The third kappa shape index (κ3) is 4.17. The van der Waals surface area contributed by atoms with Crippen LogP contribution in [0.25, 0.3) is 0 Å². The molecule has 19 heavy (non-hydrogen) atoms. The van der Waals surface area contributed by atoms with E-state index in [1.807, 2.05) is 43.4 Å². The van der Waals surface area contributed by atoms with Crippen molar-refractivity contribution in [2.24, 2.45) is 0 Å². The molecule has 1 aromatic carbocycles. The van der Waals surface area contributed by atoms with Gasteiger partial charge in [-0.25, -0.2) is 0 Å². The number of benzene rings is 1. The summed E-state index contributed by atoms with van der Waals surface area (Å²) in [6.07, 6.45) is 3.90. The third-order valence-corrected chi connectivity index (χ3v) is 3.39. The van der Waals surface area contributed by atoms with E-state index in [9.17, 15) is 4.79 Å². The first-order valence-electron chi connectivity index (χ1n) is 6.02. The van der Waals surface area contributed by atoms with E-state index in [2.05, 4.69) is 20.9 Å². The van der Waals surface area contributed by atoms with Gasteiger partial charge in [0.15, 0.2) is 0 Å². The van der Waals surface area contributed by atoms with Crippen molar-refractivity contribution < 1.29 is 4.79 Å². The molecule has 0 atom stereocenters. The van der Waals surface area contributed by atoms with Crippen LogP contribution in [0.5, 0.6) is 0 Å². The molecule has 0 aliphatic heterocycles. The molecular formula is C15H15BrN2O. The molecule has 0 fully saturated rings. The highest BCUT2D eigenvalue weighted by molar-refractivity contribution is 9.10. The van der Waals surface area contributed by atoms with E-state index in [0.29, 0.717) is 13.0 Å². The number of aromatic nitrogens is 1. The zero-order valence-electron chi connectivity index (χ0n) is 10.7. The van der Waals surface area contributed by atoms with Gasteiger partial charge in [0.2, 0.25) is 5.91 Å². The molecule has 0 spiro atoms. The van der Waals surface area contributed by atoms with E-state index in [1.165, 1.54) is 0 Å². The van der Waals surface area contributed by atoms with Crippen LogP contribution in [0, 0.1) is 0 Å². The van der Waals surface area contributed by atoms with E-state index in [0.717, 1.165) is 15.6 Å². The first-order chi connectivity index (χ1) is 9.15. The standard InChI is InChI=1S/C15H15BrN2O/c1-18(11-13-6-8-17-9-7-13)15(19)10-12-2-4-14(16)5-3-12/h2-9H,10-11H2,1H3. The molecule has 0 radical (unpaired) electrons. The summed E-state index contributed by atoms with van der Waals surface area (Å²) in [5.74, 6) is 0.110. The summed E-state index contributed by atoms with van der Waals surface area (Å²) in [7, 11) is 1.82. The van der Waals surface area contributed by atoms with Crippen molar-refractivity contribution in [3.63, 3.8) is 0 Å². The van der Waals surface area contributed by atoms with Crippen LogP contribution in [0.4, 0.5) is 0 Å². The first-order valence-corrected chi connectivity index (χ1v) is 6.82. The molecule has 0 saturated heterocycles. The van der Waals surface area contributed by atoms with Gasteiger partial charge in [0.1, 0.15) is 0 Å². The largest absolute Gasteiger partial charge is 0.341 e. The first kappa shape index (κ1) is 13.7. The Bertz CT molecular complexity index is 540. The molecule has 2 aromatic rings. The highest BCUT2D eigenvalue weighted by Crippen LogP contribution is 2.12. The van der Waals surface area contributed by atoms with Gasteiger partial charge in [-0.1, -0.05) is 28.1 Å². The molecule has 4 heteroatoms. The maximum Gasteiger partial charge on any atom is 0.227 e. The monoisotopic (exact) mass is 318 g/mol. The second-order valence-corrected chi connectivity index (χ2v) is 5.32. The number of likely N-dealkylation sites (N-methyl/N-ethyl adjacent to an activating group) is 1. The van der Waals surface area contributed by atoms with Crippen molar-refractivity contribution in [3.05, 3.63) is 64.4 Å². The van der Waals surface area contributed by atoms with Crippen LogP contribution in [-0.2, 0) is 17.8 Å². The van der Waals surface area contributed by atoms with Gasteiger partial charge in [-0.15, -0.1) is 0 Å². The van der Waals surface area contributed by atoms with Crippen LogP contribution < -0.4 is 0 Å². The van der Waals surface area contributed by atoms with E-state index in [-0.39, 0.29) is 5.91 Å². The molecule has 1 aromatic heterocycles. The zero-order valence-corrected chi connectivity index (χ0v) is 12.3. The molecule has 0 aliphatic rings. The average Bonchev–Trinajstić information content (AvgIpc) is 2.42. The van der Waals surface area contributed by atoms with E-state index in [4.69, 9.17) is 0 Å². The second-order valence-electron chi connectivity index (χ2n) is 4.41. The molecule has 3 nitrogen and oxygen atoms in total. The molecule has 0 bridgehead atoms. The van der Waals surface area contributed by atoms with Crippen LogP contribution in [0.15, 0.2) is 53.3 Å². The van der Waals surface area contributed by atoms with Gasteiger partial charge in [0, 0.05) is 30.5 Å². The fraction of sp³-hybridized carbons (Fsp3) is 0.200. The lowest BCUT2D eigenvalue weighted by atomic mass is 10.1. The average molecular weight is 319 g/mol. The Hall–Kier alpha value is -1.68. The maximum atomic E-state index is 12.1. The Morgan fingerprint density at radius 3 is 2.37 bits per heavy atom. The summed E-state index contributed by atoms with van der Waals surface area (Å²) in [5.41, 5.74) is 2.11. The minimum Gasteiger partial charge on any atom is -0.341 e. The zero-order chi connectivity index (χ0) is 13.7. The van der Waals surface area contributed by atoms with Crippen LogP contribution in [0.3, 0.4) is 0 Å². The molecule has 1 heterocycles. The van der Waals surface area contributed by atoms with Gasteiger partial charge in [0.05, 0.1) is 6.42 Å². The predicted molar refractivity (Wildman–Crippen MR) is 78.6 cm³/mol. The topological polar surface area (TPSA) is 33.2 Å². The molecule has 0 unspecified atom stereocenters. The summed E-state index contributed by atoms with van der Waals surface area (Å²) in [5, 5.41) is 0. The quantitative estimate of drug-likeness (QED) is 0.868. The summed E-state index contributed by atoms with van der Waals surface area (Å²) >= 11 is 3.38. The van der Waals surface area contributed by atoms with Crippen LogP contribution in [0.1, 0.15) is 11.1 Å². The van der Waals surface area contributed by atoms with Gasteiger partial charge < -0.3 is 4.90 Å². The van der Waals surface area contributed by atoms with Crippen molar-refractivity contribution in [1.82, 2.24) is 9.88 Å². The fourth-order valence-corrected chi connectivity index (χ4v) is 2.03. The van der Waals surface area contributed by atoms with Crippen molar-refractivity contribution in [2.45, 2.75) is 13.0 Å². The summed E-state index contributed by atoms with van der Waals surface area (Å²) in [6.45, 7) is 0.609. The number of amides is 1. The Labute approximate surface area is 121 Å². The molecule has 2 rings (SSSR count).